The van der Waals surface area contributed by atoms with Crippen LogP contribution in [0.1, 0.15) is 10.5 Å². The molecular formula is C11H6ClFN2O. The second-order valence-electron chi connectivity index (χ2n) is 3.07. The monoisotopic (exact) mass is 236 g/mol. The van der Waals surface area contributed by atoms with Gasteiger partial charge >= 0.3 is 0 Å². The van der Waals surface area contributed by atoms with E-state index in [1.807, 2.05) is 0 Å². The number of benzene rings is 1. The van der Waals surface area contributed by atoms with E-state index in [1.165, 1.54) is 30.6 Å². The average molecular weight is 237 g/mol. The van der Waals surface area contributed by atoms with Crippen LogP contribution in [-0.2, 0) is 0 Å². The van der Waals surface area contributed by atoms with Crippen molar-refractivity contribution in [3.8, 4) is 11.3 Å². The third-order valence-corrected chi connectivity index (χ3v) is 2.31. The van der Waals surface area contributed by atoms with Gasteiger partial charge in [0, 0.05) is 5.56 Å². The minimum Gasteiger partial charge on any atom is -0.296 e. The Morgan fingerprint density at radius 3 is 2.62 bits per heavy atom. The predicted octanol–water partition coefficient (Wildman–Crippen LogP) is 2.75. The van der Waals surface area contributed by atoms with Crippen molar-refractivity contribution < 1.29 is 9.18 Å². The number of nitrogens with zero attached hydrogens (tertiary/aromatic N) is 2. The van der Waals surface area contributed by atoms with E-state index in [2.05, 4.69) is 9.97 Å². The molecule has 0 aliphatic heterocycles. The van der Waals surface area contributed by atoms with Gasteiger partial charge in [0.05, 0.1) is 23.1 Å². The quantitative estimate of drug-likeness (QED) is 0.753. The second-order valence-corrected chi connectivity index (χ2v) is 3.48. The first kappa shape index (κ1) is 10.7. The van der Waals surface area contributed by atoms with Gasteiger partial charge in [0.25, 0.3) is 0 Å². The number of rotatable bonds is 2. The molecule has 0 saturated heterocycles. The topological polar surface area (TPSA) is 42.9 Å². The van der Waals surface area contributed by atoms with Gasteiger partial charge in [0.1, 0.15) is 11.5 Å². The molecule has 0 amide bonds. The molecule has 0 saturated carbocycles. The molecule has 1 aromatic heterocycles. The average Bonchev–Trinajstić information content (AvgIpc) is 2.29. The minimum atomic E-state index is -0.411. The van der Waals surface area contributed by atoms with Crippen molar-refractivity contribution in [3.63, 3.8) is 0 Å². The van der Waals surface area contributed by atoms with Crippen LogP contribution in [0.5, 0.6) is 0 Å². The lowest BCUT2D eigenvalue weighted by Gasteiger charge is -2.02. The number of aldehydes is 1. The predicted molar refractivity (Wildman–Crippen MR) is 57.8 cm³/mol. The molecule has 2 rings (SSSR count). The fourth-order valence-corrected chi connectivity index (χ4v) is 1.50. The molecule has 5 heteroatoms. The van der Waals surface area contributed by atoms with Crippen LogP contribution in [-0.4, -0.2) is 16.3 Å². The lowest BCUT2D eigenvalue weighted by Crippen LogP contribution is -1.91. The lowest BCUT2D eigenvalue weighted by atomic mass is 10.1. The van der Waals surface area contributed by atoms with E-state index in [0.29, 0.717) is 17.5 Å². The van der Waals surface area contributed by atoms with Crippen molar-refractivity contribution in [2.24, 2.45) is 0 Å². The highest BCUT2D eigenvalue weighted by molar-refractivity contribution is 6.33. The van der Waals surface area contributed by atoms with Crippen molar-refractivity contribution in [1.29, 1.82) is 0 Å². The Morgan fingerprint density at radius 1 is 1.25 bits per heavy atom. The van der Waals surface area contributed by atoms with Gasteiger partial charge in [0.15, 0.2) is 6.29 Å². The Morgan fingerprint density at radius 2 is 2.06 bits per heavy atom. The molecule has 0 spiro atoms. The van der Waals surface area contributed by atoms with Gasteiger partial charge in [-0.3, -0.25) is 9.78 Å². The summed E-state index contributed by atoms with van der Waals surface area (Å²) in [5.41, 5.74) is 1.31. The first-order chi connectivity index (χ1) is 7.70. The highest BCUT2D eigenvalue weighted by Gasteiger charge is 2.06. The molecule has 0 fully saturated rings. The largest absolute Gasteiger partial charge is 0.296 e. The molecule has 0 aliphatic carbocycles. The Kier molecular flexibility index (Phi) is 2.92. The normalized spacial score (nSPS) is 10.1. The standard InChI is InChI=1S/C11H6ClFN2O/c12-10-3-7(13)1-2-9(10)11-5-14-8(6-16)4-15-11/h1-6H. The molecule has 0 bridgehead atoms. The summed E-state index contributed by atoms with van der Waals surface area (Å²) in [6, 6.07) is 4.00. The number of aromatic nitrogens is 2. The van der Waals surface area contributed by atoms with Gasteiger partial charge in [-0.1, -0.05) is 11.6 Å². The van der Waals surface area contributed by atoms with Crippen LogP contribution in [0.2, 0.25) is 5.02 Å². The fraction of sp³-hybridized carbons (Fsp3) is 0. The van der Waals surface area contributed by atoms with Crippen LogP contribution < -0.4 is 0 Å². The molecule has 1 heterocycles. The third-order valence-electron chi connectivity index (χ3n) is 2.00. The first-order valence-corrected chi connectivity index (χ1v) is 4.81. The smallest absolute Gasteiger partial charge is 0.170 e. The summed E-state index contributed by atoms with van der Waals surface area (Å²) in [4.78, 5) is 18.3. The Bertz CT molecular complexity index is 528. The van der Waals surface area contributed by atoms with E-state index in [4.69, 9.17) is 11.6 Å². The Labute approximate surface area is 95.9 Å². The molecule has 0 radical (unpaired) electrons. The molecule has 2 aromatic rings. The highest BCUT2D eigenvalue weighted by Crippen LogP contribution is 2.26. The number of carbonyl (C=O) groups excluding carboxylic acids is 1. The fourth-order valence-electron chi connectivity index (χ4n) is 1.24. The lowest BCUT2D eigenvalue weighted by molar-refractivity contribution is 0.111. The van der Waals surface area contributed by atoms with Crippen LogP contribution >= 0.6 is 11.6 Å². The zero-order valence-electron chi connectivity index (χ0n) is 8.02. The first-order valence-electron chi connectivity index (χ1n) is 4.43. The van der Waals surface area contributed by atoms with Crippen molar-refractivity contribution in [3.05, 3.63) is 47.1 Å². The van der Waals surface area contributed by atoms with E-state index in [1.54, 1.807) is 0 Å². The van der Waals surface area contributed by atoms with E-state index >= 15 is 0 Å². The summed E-state index contributed by atoms with van der Waals surface area (Å²) >= 11 is 5.86. The van der Waals surface area contributed by atoms with Gasteiger partial charge in [-0.25, -0.2) is 9.37 Å². The van der Waals surface area contributed by atoms with E-state index < -0.39 is 5.82 Å². The molecule has 3 nitrogen and oxygen atoms in total. The number of hydrogen-bond donors (Lipinski definition) is 0. The second kappa shape index (κ2) is 4.37. The van der Waals surface area contributed by atoms with Crippen LogP contribution in [0.4, 0.5) is 4.39 Å². The maximum atomic E-state index is 12.8. The molecular weight excluding hydrogens is 231 g/mol. The van der Waals surface area contributed by atoms with Crippen LogP contribution in [0.3, 0.4) is 0 Å². The van der Waals surface area contributed by atoms with Crippen LogP contribution in [0.25, 0.3) is 11.3 Å². The maximum absolute atomic E-state index is 12.8. The van der Waals surface area contributed by atoms with E-state index in [0.717, 1.165) is 0 Å². The van der Waals surface area contributed by atoms with Crippen molar-refractivity contribution in [2.75, 3.05) is 0 Å². The molecule has 0 unspecified atom stereocenters. The SMILES string of the molecule is O=Cc1cnc(-c2ccc(F)cc2Cl)cn1. The molecule has 1 aromatic carbocycles. The summed E-state index contributed by atoms with van der Waals surface area (Å²) in [6.07, 6.45) is 3.36. The number of carbonyl (C=O) groups is 1. The Balaban J connectivity index is 2.46. The van der Waals surface area contributed by atoms with Gasteiger partial charge in [-0.15, -0.1) is 0 Å². The zero-order chi connectivity index (χ0) is 11.5. The third kappa shape index (κ3) is 2.06. The number of hydrogen-bond acceptors (Lipinski definition) is 3. The molecule has 0 aliphatic rings. The number of halogens is 2. The summed E-state index contributed by atoms with van der Waals surface area (Å²) in [6.45, 7) is 0. The van der Waals surface area contributed by atoms with Crippen LogP contribution in [0, 0.1) is 5.82 Å². The summed E-state index contributed by atoms with van der Waals surface area (Å²) in [5, 5.41) is 0.258. The molecule has 0 N–H and O–H groups in total. The van der Waals surface area contributed by atoms with Gasteiger partial charge in [0.2, 0.25) is 0 Å². The molecule has 0 atom stereocenters. The van der Waals surface area contributed by atoms with Gasteiger partial charge in [-0.2, -0.15) is 0 Å². The summed E-state index contributed by atoms with van der Waals surface area (Å²) in [5.74, 6) is -0.411. The molecule has 16 heavy (non-hydrogen) atoms. The van der Waals surface area contributed by atoms with Gasteiger partial charge in [-0.05, 0) is 18.2 Å². The Hall–Kier alpha value is -1.81. The van der Waals surface area contributed by atoms with Crippen LogP contribution in [0.15, 0.2) is 30.6 Å². The minimum absolute atomic E-state index is 0.238. The van der Waals surface area contributed by atoms with E-state index in [-0.39, 0.29) is 10.7 Å². The maximum Gasteiger partial charge on any atom is 0.170 e. The highest BCUT2D eigenvalue weighted by atomic mass is 35.5. The molecule has 80 valence electrons. The van der Waals surface area contributed by atoms with Crippen molar-refractivity contribution in [1.82, 2.24) is 9.97 Å². The summed E-state index contributed by atoms with van der Waals surface area (Å²) in [7, 11) is 0. The van der Waals surface area contributed by atoms with E-state index in [9.17, 15) is 9.18 Å². The zero-order valence-corrected chi connectivity index (χ0v) is 8.78. The summed E-state index contributed by atoms with van der Waals surface area (Å²) < 4.78 is 12.8. The van der Waals surface area contributed by atoms with Gasteiger partial charge < -0.3 is 0 Å². The van der Waals surface area contributed by atoms with Crippen molar-refractivity contribution in [2.45, 2.75) is 0 Å². The van der Waals surface area contributed by atoms with Crippen molar-refractivity contribution >= 4 is 17.9 Å².